The largest absolute Gasteiger partial charge is 0.308 e. The normalized spacial score (nSPS) is 11.7. The zero-order valence-electron chi connectivity index (χ0n) is 11.4. The molecular weight excluding hydrogens is 254 g/mol. The highest BCUT2D eigenvalue weighted by Crippen LogP contribution is 2.08. The summed E-state index contributed by atoms with van der Waals surface area (Å²) >= 11 is 1.81. The molecular formula is C15H21NSSi. The molecule has 96 valence electrons. The molecule has 3 heteroatoms. The fourth-order valence-electron chi connectivity index (χ4n) is 1.87. The van der Waals surface area contributed by atoms with Crippen LogP contribution in [0.1, 0.15) is 10.4 Å². The van der Waals surface area contributed by atoms with E-state index in [4.69, 9.17) is 0 Å². The number of benzene rings is 1. The van der Waals surface area contributed by atoms with Crippen molar-refractivity contribution in [1.82, 2.24) is 5.32 Å². The summed E-state index contributed by atoms with van der Waals surface area (Å²) in [6, 6.07) is 13.4. The minimum absolute atomic E-state index is 0.948. The summed E-state index contributed by atoms with van der Waals surface area (Å²) in [5.74, 6) is 0. The van der Waals surface area contributed by atoms with Crippen molar-refractivity contribution in [2.24, 2.45) is 0 Å². The van der Waals surface area contributed by atoms with Crippen LogP contribution < -0.4 is 10.5 Å². The predicted octanol–water partition coefficient (Wildman–Crippen LogP) is 3.58. The van der Waals surface area contributed by atoms with Gasteiger partial charge in [0.05, 0.1) is 8.07 Å². The molecule has 0 aliphatic carbocycles. The topological polar surface area (TPSA) is 12.0 Å². The third kappa shape index (κ3) is 3.80. The van der Waals surface area contributed by atoms with Crippen LogP contribution in [-0.4, -0.2) is 8.07 Å². The van der Waals surface area contributed by atoms with E-state index in [2.05, 4.69) is 66.7 Å². The van der Waals surface area contributed by atoms with Crippen LogP contribution in [0.4, 0.5) is 0 Å². The van der Waals surface area contributed by atoms with Gasteiger partial charge in [-0.15, -0.1) is 11.3 Å². The number of thiophene rings is 1. The van der Waals surface area contributed by atoms with E-state index in [1.165, 1.54) is 15.6 Å². The lowest BCUT2D eigenvalue weighted by atomic mass is 10.2. The summed E-state index contributed by atoms with van der Waals surface area (Å²) in [4.78, 5) is 1.40. The van der Waals surface area contributed by atoms with Gasteiger partial charge in [-0.2, -0.15) is 0 Å². The first kappa shape index (κ1) is 13.5. The van der Waals surface area contributed by atoms with Crippen LogP contribution in [0.5, 0.6) is 0 Å². The van der Waals surface area contributed by atoms with Crippen LogP contribution in [-0.2, 0) is 13.1 Å². The molecule has 0 unspecified atom stereocenters. The standard InChI is InChI=1S/C15H21NSSi/c1-18(2,3)15-8-6-13(7-9-15)11-16-12-14-5-4-10-17-14/h4-10,16H,11-12H2,1-3H3. The number of hydrogen-bond donors (Lipinski definition) is 1. The van der Waals surface area contributed by atoms with Gasteiger partial charge in [0.2, 0.25) is 0 Å². The molecule has 0 amide bonds. The quantitative estimate of drug-likeness (QED) is 0.822. The molecule has 0 radical (unpaired) electrons. The zero-order chi connectivity index (χ0) is 13.0. The fourth-order valence-corrected chi connectivity index (χ4v) is 3.71. The molecule has 0 saturated heterocycles. The second-order valence-electron chi connectivity index (χ2n) is 5.63. The summed E-state index contributed by atoms with van der Waals surface area (Å²) in [5, 5.41) is 7.14. The van der Waals surface area contributed by atoms with Gasteiger partial charge in [0.25, 0.3) is 0 Å². The SMILES string of the molecule is C[Si](C)(C)c1ccc(CNCc2cccs2)cc1. The summed E-state index contributed by atoms with van der Waals surface area (Å²) in [6.07, 6.45) is 0. The maximum atomic E-state index is 3.48. The molecule has 0 fully saturated rings. The number of nitrogens with one attached hydrogen (secondary N) is 1. The second-order valence-corrected chi connectivity index (χ2v) is 11.7. The van der Waals surface area contributed by atoms with Crippen molar-refractivity contribution in [2.75, 3.05) is 0 Å². The third-order valence-electron chi connectivity index (χ3n) is 3.03. The van der Waals surface area contributed by atoms with E-state index in [0.717, 1.165) is 13.1 Å². The Labute approximate surface area is 115 Å². The van der Waals surface area contributed by atoms with E-state index in [1.807, 2.05) is 0 Å². The Bertz CT molecular complexity index is 468. The molecule has 1 heterocycles. The van der Waals surface area contributed by atoms with Gasteiger partial charge in [0.1, 0.15) is 0 Å². The molecule has 1 N–H and O–H groups in total. The lowest BCUT2D eigenvalue weighted by Gasteiger charge is -2.16. The van der Waals surface area contributed by atoms with Crippen LogP contribution >= 0.6 is 11.3 Å². The van der Waals surface area contributed by atoms with Crippen molar-refractivity contribution >= 4 is 24.6 Å². The molecule has 0 spiro atoms. The number of hydrogen-bond acceptors (Lipinski definition) is 2. The molecule has 1 aromatic heterocycles. The minimum atomic E-state index is -1.15. The van der Waals surface area contributed by atoms with Crippen molar-refractivity contribution in [1.29, 1.82) is 0 Å². The van der Waals surface area contributed by atoms with Crippen molar-refractivity contribution in [3.63, 3.8) is 0 Å². The lowest BCUT2D eigenvalue weighted by molar-refractivity contribution is 0.701. The van der Waals surface area contributed by atoms with Gasteiger partial charge in [0.15, 0.2) is 0 Å². The van der Waals surface area contributed by atoms with Gasteiger partial charge < -0.3 is 5.32 Å². The molecule has 0 aliphatic rings. The Kier molecular flexibility index (Phi) is 4.38. The highest BCUT2D eigenvalue weighted by atomic mass is 32.1. The Morgan fingerprint density at radius 3 is 2.28 bits per heavy atom. The monoisotopic (exact) mass is 275 g/mol. The molecule has 1 nitrogen and oxygen atoms in total. The fraction of sp³-hybridized carbons (Fsp3) is 0.333. The minimum Gasteiger partial charge on any atom is -0.308 e. The van der Waals surface area contributed by atoms with Gasteiger partial charge >= 0.3 is 0 Å². The summed E-state index contributed by atoms with van der Waals surface area (Å²) in [7, 11) is -1.15. The highest BCUT2D eigenvalue weighted by Gasteiger charge is 2.15. The van der Waals surface area contributed by atoms with Crippen molar-refractivity contribution < 1.29 is 0 Å². The highest BCUT2D eigenvalue weighted by molar-refractivity contribution is 7.09. The zero-order valence-corrected chi connectivity index (χ0v) is 13.2. The smallest absolute Gasteiger partial charge is 0.0775 e. The van der Waals surface area contributed by atoms with Crippen LogP contribution in [0, 0.1) is 0 Å². The van der Waals surface area contributed by atoms with Crippen LogP contribution in [0.3, 0.4) is 0 Å². The van der Waals surface area contributed by atoms with Crippen molar-refractivity contribution in [3.05, 3.63) is 52.2 Å². The maximum Gasteiger partial charge on any atom is 0.0775 e. The first-order chi connectivity index (χ1) is 8.55. The van der Waals surface area contributed by atoms with E-state index in [9.17, 15) is 0 Å². The first-order valence-corrected chi connectivity index (χ1v) is 10.8. The van der Waals surface area contributed by atoms with E-state index in [-0.39, 0.29) is 0 Å². The average Bonchev–Trinajstić information content (AvgIpc) is 2.82. The third-order valence-corrected chi connectivity index (χ3v) is 5.97. The predicted molar refractivity (Wildman–Crippen MR) is 84.3 cm³/mol. The molecule has 0 saturated carbocycles. The Hall–Kier alpha value is -0.903. The molecule has 0 bridgehead atoms. The average molecular weight is 275 g/mol. The van der Waals surface area contributed by atoms with Gasteiger partial charge in [-0.1, -0.05) is 55.2 Å². The van der Waals surface area contributed by atoms with E-state index < -0.39 is 8.07 Å². The van der Waals surface area contributed by atoms with Crippen LogP contribution in [0.2, 0.25) is 19.6 Å². The summed E-state index contributed by atoms with van der Waals surface area (Å²) in [5.41, 5.74) is 1.37. The molecule has 0 aliphatic heterocycles. The van der Waals surface area contributed by atoms with Gasteiger partial charge in [-0.05, 0) is 17.0 Å². The van der Waals surface area contributed by atoms with Crippen LogP contribution in [0.15, 0.2) is 41.8 Å². The maximum absolute atomic E-state index is 3.48. The second kappa shape index (κ2) is 5.82. The summed E-state index contributed by atoms with van der Waals surface area (Å²) < 4.78 is 0. The van der Waals surface area contributed by atoms with E-state index in [1.54, 1.807) is 11.3 Å². The van der Waals surface area contributed by atoms with Crippen LogP contribution in [0.25, 0.3) is 0 Å². The Morgan fingerprint density at radius 1 is 1.00 bits per heavy atom. The molecule has 2 rings (SSSR count). The van der Waals surface area contributed by atoms with Crippen molar-refractivity contribution in [3.8, 4) is 0 Å². The molecule has 0 atom stereocenters. The lowest BCUT2D eigenvalue weighted by Crippen LogP contribution is -2.37. The summed E-state index contributed by atoms with van der Waals surface area (Å²) in [6.45, 7) is 9.07. The van der Waals surface area contributed by atoms with Gasteiger partial charge in [0, 0.05) is 18.0 Å². The van der Waals surface area contributed by atoms with Crippen molar-refractivity contribution in [2.45, 2.75) is 32.7 Å². The first-order valence-electron chi connectivity index (χ1n) is 6.38. The van der Waals surface area contributed by atoms with E-state index in [0.29, 0.717) is 0 Å². The van der Waals surface area contributed by atoms with Gasteiger partial charge in [-0.3, -0.25) is 0 Å². The van der Waals surface area contributed by atoms with Gasteiger partial charge in [-0.25, -0.2) is 0 Å². The molecule has 18 heavy (non-hydrogen) atoms. The Balaban J connectivity index is 1.87. The Morgan fingerprint density at radius 2 is 1.72 bits per heavy atom. The number of rotatable bonds is 5. The van der Waals surface area contributed by atoms with E-state index >= 15 is 0 Å². The molecule has 2 aromatic rings. The molecule has 1 aromatic carbocycles.